The highest BCUT2D eigenvalue weighted by Gasteiger charge is 2.16. The SMILES string of the molecule is CC(c1nc2ccccc2s1)N(C)CCC(N)=O. The summed E-state index contributed by atoms with van der Waals surface area (Å²) in [7, 11) is 1.99. The van der Waals surface area contributed by atoms with Gasteiger partial charge in [-0.25, -0.2) is 4.98 Å². The number of thiazole rings is 1. The monoisotopic (exact) mass is 263 g/mol. The Morgan fingerprint density at radius 3 is 2.89 bits per heavy atom. The van der Waals surface area contributed by atoms with Crippen molar-refractivity contribution in [3.63, 3.8) is 0 Å². The molecule has 5 heteroatoms. The van der Waals surface area contributed by atoms with Crippen molar-refractivity contribution in [3.8, 4) is 0 Å². The van der Waals surface area contributed by atoms with Gasteiger partial charge in [0.2, 0.25) is 5.91 Å². The maximum absolute atomic E-state index is 10.8. The van der Waals surface area contributed by atoms with Gasteiger partial charge in [-0.15, -0.1) is 11.3 Å². The van der Waals surface area contributed by atoms with Gasteiger partial charge in [0.15, 0.2) is 0 Å². The van der Waals surface area contributed by atoms with Gasteiger partial charge in [0.05, 0.1) is 16.3 Å². The molecule has 0 aliphatic rings. The summed E-state index contributed by atoms with van der Waals surface area (Å²) in [4.78, 5) is 17.5. The van der Waals surface area contributed by atoms with Crippen molar-refractivity contribution in [2.75, 3.05) is 13.6 Å². The summed E-state index contributed by atoms with van der Waals surface area (Å²) in [6.07, 6.45) is 0.381. The Hall–Kier alpha value is -1.46. The lowest BCUT2D eigenvalue weighted by Crippen LogP contribution is -2.27. The minimum atomic E-state index is -0.265. The molecule has 0 saturated heterocycles. The Morgan fingerprint density at radius 2 is 2.22 bits per heavy atom. The van der Waals surface area contributed by atoms with Crippen molar-refractivity contribution in [1.82, 2.24) is 9.88 Å². The molecule has 0 fully saturated rings. The van der Waals surface area contributed by atoms with Crippen LogP contribution < -0.4 is 5.73 Å². The Bertz CT molecular complexity index is 519. The molecule has 0 radical (unpaired) electrons. The summed E-state index contributed by atoms with van der Waals surface area (Å²) >= 11 is 1.70. The molecule has 0 aliphatic carbocycles. The molecule has 4 nitrogen and oxygen atoms in total. The van der Waals surface area contributed by atoms with E-state index in [9.17, 15) is 4.79 Å². The lowest BCUT2D eigenvalue weighted by atomic mass is 10.3. The van der Waals surface area contributed by atoms with Gasteiger partial charge in [-0.2, -0.15) is 0 Å². The molecule has 0 saturated carbocycles. The highest BCUT2D eigenvalue weighted by Crippen LogP contribution is 2.28. The summed E-state index contributed by atoms with van der Waals surface area (Å²) in [6, 6.07) is 8.30. The van der Waals surface area contributed by atoms with Gasteiger partial charge in [-0.3, -0.25) is 9.69 Å². The number of hydrogen-bond acceptors (Lipinski definition) is 4. The van der Waals surface area contributed by atoms with Crippen molar-refractivity contribution in [2.45, 2.75) is 19.4 Å². The van der Waals surface area contributed by atoms with Gasteiger partial charge in [-0.1, -0.05) is 12.1 Å². The van der Waals surface area contributed by atoms with Crippen molar-refractivity contribution in [3.05, 3.63) is 29.3 Å². The first-order chi connectivity index (χ1) is 8.58. The molecule has 2 aromatic rings. The highest BCUT2D eigenvalue weighted by atomic mass is 32.1. The van der Waals surface area contributed by atoms with E-state index in [1.165, 1.54) is 4.70 Å². The van der Waals surface area contributed by atoms with E-state index in [-0.39, 0.29) is 11.9 Å². The summed E-state index contributed by atoms with van der Waals surface area (Å²) < 4.78 is 1.20. The van der Waals surface area contributed by atoms with Crippen molar-refractivity contribution in [2.24, 2.45) is 5.73 Å². The molecule has 0 bridgehead atoms. The molecule has 1 amide bonds. The maximum atomic E-state index is 10.8. The van der Waals surface area contributed by atoms with Gasteiger partial charge < -0.3 is 5.73 Å². The van der Waals surface area contributed by atoms with Crippen LogP contribution in [0.2, 0.25) is 0 Å². The molecule has 0 aliphatic heterocycles. The van der Waals surface area contributed by atoms with E-state index in [0.29, 0.717) is 13.0 Å². The molecule has 1 unspecified atom stereocenters. The number of carbonyl (C=O) groups is 1. The molecule has 2 N–H and O–H groups in total. The summed E-state index contributed by atoms with van der Waals surface area (Å²) in [5.41, 5.74) is 6.20. The largest absolute Gasteiger partial charge is 0.370 e. The average molecular weight is 263 g/mol. The molecule has 1 heterocycles. The predicted octanol–water partition coefficient (Wildman–Crippen LogP) is 2.16. The van der Waals surface area contributed by atoms with E-state index in [2.05, 4.69) is 22.9 Å². The third-order valence-electron chi connectivity index (χ3n) is 3.04. The average Bonchev–Trinajstić information content (AvgIpc) is 2.78. The third-order valence-corrected chi connectivity index (χ3v) is 4.25. The smallest absolute Gasteiger partial charge is 0.218 e. The first kappa shape index (κ1) is 13.0. The number of nitrogens with zero attached hydrogens (tertiary/aromatic N) is 2. The van der Waals surface area contributed by atoms with Crippen LogP contribution in [0.5, 0.6) is 0 Å². The fraction of sp³-hybridized carbons (Fsp3) is 0.385. The quantitative estimate of drug-likeness (QED) is 0.899. The number of para-hydroxylation sites is 1. The number of fused-ring (bicyclic) bond motifs is 1. The van der Waals surface area contributed by atoms with E-state index in [4.69, 9.17) is 5.73 Å². The predicted molar refractivity (Wildman–Crippen MR) is 74.5 cm³/mol. The van der Waals surface area contributed by atoms with Crippen LogP contribution in [0.15, 0.2) is 24.3 Å². The molecule has 18 heavy (non-hydrogen) atoms. The zero-order valence-corrected chi connectivity index (χ0v) is 11.4. The van der Waals surface area contributed by atoms with E-state index in [0.717, 1.165) is 10.5 Å². The first-order valence-corrected chi connectivity index (χ1v) is 6.73. The molecule has 0 spiro atoms. The maximum Gasteiger partial charge on any atom is 0.218 e. The Morgan fingerprint density at radius 1 is 1.50 bits per heavy atom. The standard InChI is InChI=1S/C13H17N3OS/c1-9(16(2)8-7-12(14)17)13-15-10-5-3-4-6-11(10)18-13/h3-6,9H,7-8H2,1-2H3,(H2,14,17). The summed E-state index contributed by atoms with van der Waals surface area (Å²) in [5, 5.41) is 1.07. The summed E-state index contributed by atoms with van der Waals surface area (Å²) in [5.74, 6) is -0.265. The minimum absolute atomic E-state index is 0.196. The Balaban J connectivity index is 2.12. The van der Waals surface area contributed by atoms with E-state index >= 15 is 0 Å². The van der Waals surface area contributed by atoms with Gasteiger partial charge >= 0.3 is 0 Å². The van der Waals surface area contributed by atoms with Crippen LogP contribution in [0, 0.1) is 0 Å². The van der Waals surface area contributed by atoms with Crippen LogP contribution in [-0.2, 0) is 4.79 Å². The van der Waals surface area contributed by atoms with Crippen LogP contribution in [0.1, 0.15) is 24.4 Å². The van der Waals surface area contributed by atoms with Gasteiger partial charge in [-0.05, 0) is 26.1 Å². The number of nitrogens with two attached hydrogens (primary N) is 1. The number of rotatable bonds is 5. The number of primary amides is 1. The van der Waals surface area contributed by atoms with E-state index in [1.807, 2.05) is 25.2 Å². The van der Waals surface area contributed by atoms with Crippen LogP contribution in [-0.4, -0.2) is 29.4 Å². The van der Waals surface area contributed by atoms with Gasteiger partial charge in [0.25, 0.3) is 0 Å². The fourth-order valence-corrected chi connectivity index (χ4v) is 2.82. The second kappa shape index (κ2) is 5.46. The molecule has 1 atom stereocenters. The van der Waals surface area contributed by atoms with Crippen molar-refractivity contribution < 1.29 is 4.79 Å². The third kappa shape index (κ3) is 2.86. The van der Waals surface area contributed by atoms with Crippen LogP contribution >= 0.6 is 11.3 Å². The molecular weight excluding hydrogens is 246 g/mol. The van der Waals surface area contributed by atoms with Crippen molar-refractivity contribution >= 4 is 27.5 Å². The van der Waals surface area contributed by atoms with Crippen LogP contribution in [0.4, 0.5) is 0 Å². The van der Waals surface area contributed by atoms with Crippen LogP contribution in [0.3, 0.4) is 0 Å². The molecular formula is C13H17N3OS. The first-order valence-electron chi connectivity index (χ1n) is 5.92. The Labute approximate surface area is 110 Å². The number of benzene rings is 1. The van der Waals surface area contributed by atoms with E-state index < -0.39 is 0 Å². The number of hydrogen-bond donors (Lipinski definition) is 1. The number of amides is 1. The molecule has 1 aromatic carbocycles. The second-order valence-electron chi connectivity index (χ2n) is 4.39. The van der Waals surface area contributed by atoms with Gasteiger partial charge in [0.1, 0.15) is 5.01 Å². The number of aromatic nitrogens is 1. The van der Waals surface area contributed by atoms with E-state index in [1.54, 1.807) is 11.3 Å². The molecule has 96 valence electrons. The summed E-state index contributed by atoms with van der Waals surface area (Å²) in [6.45, 7) is 2.76. The van der Waals surface area contributed by atoms with Crippen molar-refractivity contribution in [1.29, 1.82) is 0 Å². The van der Waals surface area contributed by atoms with Crippen LogP contribution in [0.25, 0.3) is 10.2 Å². The second-order valence-corrected chi connectivity index (χ2v) is 5.45. The zero-order chi connectivity index (χ0) is 13.1. The minimum Gasteiger partial charge on any atom is -0.370 e. The van der Waals surface area contributed by atoms with Gasteiger partial charge in [0, 0.05) is 13.0 Å². The topological polar surface area (TPSA) is 59.2 Å². The number of carbonyl (C=O) groups excluding carboxylic acids is 1. The highest BCUT2D eigenvalue weighted by molar-refractivity contribution is 7.18. The lowest BCUT2D eigenvalue weighted by Gasteiger charge is -2.21. The molecule has 1 aromatic heterocycles. The fourth-order valence-electron chi connectivity index (χ4n) is 1.74. The normalized spacial score (nSPS) is 13.1. The Kier molecular flexibility index (Phi) is 3.93. The molecule has 2 rings (SSSR count). The zero-order valence-electron chi connectivity index (χ0n) is 10.6. The lowest BCUT2D eigenvalue weighted by molar-refractivity contribution is -0.118.